The molecule has 0 aliphatic rings. The summed E-state index contributed by atoms with van der Waals surface area (Å²) in [6, 6.07) is 21.9. The van der Waals surface area contributed by atoms with Crippen molar-refractivity contribution in [3.05, 3.63) is 78.0 Å². The van der Waals surface area contributed by atoms with E-state index in [0.717, 1.165) is 22.2 Å². The maximum absolute atomic E-state index is 11.8. The molecular weight excluding hydrogens is 300 g/mol. The van der Waals surface area contributed by atoms with Gasteiger partial charge in [0, 0.05) is 11.9 Å². The van der Waals surface area contributed by atoms with Crippen LogP contribution in [0.1, 0.15) is 23.7 Å². The fourth-order valence-corrected chi connectivity index (χ4v) is 2.64. The number of carbonyl (C=O) groups excluding carboxylic acids is 1. The topological polar surface area (TPSA) is 51.2 Å². The predicted octanol–water partition coefficient (Wildman–Crippen LogP) is 3.63. The molecule has 1 heterocycles. The summed E-state index contributed by atoms with van der Waals surface area (Å²) in [5.74, 6) is -0.254. The maximum Gasteiger partial charge on any atom is 0.307 e. The molecule has 1 atom stereocenters. The lowest BCUT2D eigenvalue weighted by molar-refractivity contribution is -0.141. The van der Waals surface area contributed by atoms with Gasteiger partial charge in [0.1, 0.15) is 0 Å². The summed E-state index contributed by atoms with van der Waals surface area (Å²) in [6.07, 6.45) is 0.245. The van der Waals surface area contributed by atoms with Crippen molar-refractivity contribution in [3.63, 3.8) is 0 Å². The molecule has 2 aromatic carbocycles. The smallest absolute Gasteiger partial charge is 0.307 e. The largest absolute Gasteiger partial charge is 0.469 e. The molecule has 4 heteroatoms. The summed E-state index contributed by atoms with van der Waals surface area (Å²) in [4.78, 5) is 16.5. The maximum atomic E-state index is 11.8. The van der Waals surface area contributed by atoms with E-state index in [1.54, 1.807) is 0 Å². The number of carbonyl (C=O) groups is 1. The first-order valence-corrected chi connectivity index (χ1v) is 7.96. The van der Waals surface area contributed by atoms with Crippen molar-refractivity contribution in [2.45, 2.75) is 19.0 Å². The van der Waals surface area contributed by atoms with Crippen molar-refractivity contribution >= 4 is 16.9 Å². The number of methoxy groups -OCH3 is 1. The van der Waals surface area contributed by atoms with Crippen LogP contribution < -0.4 is 5.32 Å². The third kappa shape index (κ3) is 3.97. The lowest BCUT2D eigenvalue weighted by Gasteiger charge is -2.18. The number of rotatable bonds is 6. The van der Waals surface area contributed by atoms with Crippen LogP contribution in [0.5, 0.6) is 0 Å². The molecule has 0 saturated carbocycles. The predicted molar refractivity (Wildman–Crippen MR) is 94.4 cm³/mol. The zero-order valence-corrected chi connectivity index (χ0v) is 13.6. The van der Waals surface area contributed by atoms with Crippen molar-refractivity contribution < 1.29 is 9.53 Å². The average molecular weight is 320 g/mol. The van der Waals surface area contributed by atoms with E-state index in [2.05, 4.69) is 17.4 Å². The zero-order chi connectivity index (χ0) is 16.8. The Morgan fingerprint density at radius 1 is 1.04 bits per heavy atom. The van der Waals surface area contributed by atoms with Gasteiger partial charge in [-0.1, -0.05) is 54.6 Å². The molecule has 0 saturated heterocycles. The number of nitrogens with zero attached hydrogens (tertiary/aromatic N) is 1. The van der Waals surface area contributed by atoms with Crippen molar-refractivity contribution in [2.75, 3.05) is 7.11 Å². The van der Waals surface area contributed by atoms with E-state index in [1.807, 2.05) is 54.6 Å². The van der Waals surface area contributed by atoms with Crippen LogP contribution in [0.3, 0.4) is 0 Å². The second-order valence-electron chi connectivity index (χ2n) is 5.63. The number of nitrogens with one attached hydrogen (secondary N) is 1. The zero-order valence-electron chi connectivity index (χ0n) is 13.6. The van der Waals surface area contributed by atoms with Gasteiger partial charge < -0.3 is 10.1 Å². The SMILES string of the molecule is COC(=O)CC(NCc1ccccc1)c1ccc2ccccc2n1. The Hall–Kier alpha value is -2.72. The minimum Gasteiger partial charge on any atom is -0.469 e. The van der Waals surface area contributed by atoms with Gasteiger partial charge >= 0.3 is 5.97 Å². The van der Waals surface area contributed by atoms with E-state index >= 15 is 0 Å². The van der Waals surface area contributed by atoms with Crippen LogP contribution in [0.25, 0.3) is 10.9 Å². The molecule has 4 nitrogen and oxygen atoms in total. The van der Waals surface area contributed by atoms with E-state index in [-0.39, 0.29) is 18.4 Å². The van der Waals surface area contributed by atoms with Crippen molar-refractivity contribution in [1.82, 2.24) is 10.3 Å². The second kappa shape index (κ2) is 7.70. The Kier molecular flexibility index (Phi) is 5.18. The van der Waals surface area contributed by atoms with Gasteiger partial charge in [-0.3, -0.25) is 9.78 Å². The van der Waals surface area contributed by atoms with Crippen LogP contribution in [-0.2, 0) is 16.1 Å². The molecule has 0 aliphatic heterocycles. The molecule has 0 fully saturated rings. The Labute approximate surface area is 141 Å². The van der Waals surface area contributed by atoms with Crippen molar-refractivity contribution in [3.8, 4) is 0 Å². The highest BCUT2D eigenvalue weighted by Gasteiger charge is 2.17. The number of ether oxygens (including phenoxy) is 1. The van der Waals surface area contributed by atoms with Crippen LogP contribution in [0.4, 0.5) is 0 Å². The number of benzene rings is 2. The van der Waals surface area contributed by atoms with E-state index in [1.165, 1.54) is 7.11 Å². The monoisotopic (exact) mass is 320 g/mol. The minimum absolute atomic E-state index is 0.192. The van der Waals surface area contributed by atoms with Gasteiger partial charge in [0.05, 0.1) is 30.8 Å². The standard InChI is InChI=1S/C20H20N2O2/c1-24-20(23)13-19(21-14-15-7-3-2-4-8-15)18-12-11-16-9-5-6-10-17(16)22-18/h2-12,19,21H,13-14H2,1H3. The van der Waals surface area contributed by atoms with Gasteiger partial charge in [0.15, 0.2) is 0 Å². The Balaban J connectivity index is 1.83. The first-order valence-electron chi connectivity index (χ1n) is 7.96. The van der Waals surface area contributed by atoms with Crippen LogP contribution in [-0.4, -0.2) is 18.1 Å². The minimum atomic E-state index is -0.254. The van der Waals surface area contributed by atoms with Crippen LogP contribution in [0.2, 0.25) is 0 Å². The molecular formula is C20H20N2O2. The quantitative estimate of drug-likeness (QED) is 0.705. The van der Waals surface area contributed by atoms with E-state index < -0.39 is 0 Å². The van der Waals surface area contributed by atoms with Gasteiger partial charge in [0.2, 0.25) is 0 Å². The molecule has 0 spiro atoms. The number of aromatic nitrogens is 1. The summed E-state index contributed by atoms with van der Waals surface area (Å²) < 4.78 is 4.84. The number of fused-ring (bicyclic) bond motifs is 1. The molecule has 0 aliphatic carbocycles. The van der Waals surface area contributed by atoms with E-state index in [4.69, 9.17) is 9.72 Å². The number of hydrogen-bond donors (Lipinski definition) is 1. The normalized spacial score (nSPS) is 12.0. The third-order valence-electron chi connectivity index (χ3n) is 3.97. The van der Waals surface area contributed by atoms with Gasteiger partial charge in [-0.25, -0.2) is 0 Å². The Morgan fingerprint density at radius 3 is 2.58 bits per heavy atom. The van der Waals surface area contributed by atoms with Crippen LogP contribution >= 0.6 is 0 Å². The Bertz CT molecular complexity index is 818. The highest BCUT2D eigenvalue weighted by molar-refractivity contribution is 5.78. The molecule has 1 aromatic heterocycles. The molecule has 0 amide bonds. The van der Waals surface area contributed by atoms with Gasteiger partial charge in [-0.2, -0.15) is 0 Å². The summed E-state index contributed by atoms with van der Waals surface area (Å²) >= 11 is 0. The lowest BCUT2D eigenvalue weighted by Crippen LogP contribution is -2.25. The van der Waals surface area contributed by atoms with E-state index in [0.29, 0.717) is 6.54 Å². The van der Waals surface area contributed by atoms with Crippen LogP contribution in [0.15, 0.2) is 66.7 Å². The Morgan fingerprint density at radius 2 is 1.79 bits per heavy atom. The van der Waals surface area contributed by atoms with Gasteiger partial charge in [-0.05, 0) is 17.7 Å². The lowest BCUT2D eigenvalue weighted by atomic mass is 10.1. The first-order chi connectivity index (χ1) is 11.8. The molecule has 122 valence electrons. The molecule has 1 N–H and O–H groups in total. The second-order valence-corrected chi connectivity index (χ2v) is 5.63. The van der Waals surface area contributed by atoms with Crippen molar-refractivity contribution in [1.29, 1.82) is 0 Å². The molecule has 24 heavy (non-hydrogen) atoms. The molecule has 1 unspecified atom stereocenters. The van der Waals surface area contributed by atoms with Gasteiger partial charge in [0.25, 0.3) is 0 Å². The number of hydrogen-bond acceptors (Lipinski definition) is 4. The molecule has 0 radical (unpaired) electrons. The summed E-state index contributed by atoms with van der Waals surface area (Å²) in [5.41, 5.74) is 2.93. The highest BCUT2D eigenvalue weighted by Crippen LogP contribution is 2.20. The van der Waals surface area contributed by atoms with E-state index in [9.17, 15) is 4.79 Å². The van der Waals surface area contributed by atoms with Gasteiger partial charge in [-0.15, -0.1) is 0 Å². The highest BCUT2D eigenvalue weighted by atomic mass is 16.5. The number of pyridine rings is 1. The average Bonchev–Trinajstić information content (AvgIpc) is 2.65. The molecule has 3 rings (SSSR count). The summed E-state index contributed by atoms with van der Waals surface area (Å²) in [6.45, 7) is 0.664. The van der Waals surface area contributed by atoms with Crippen molar-refractivity contribution in [2.24, 2.45) is 0 Å². The number of para-hydroxylation sites is 1. The third-order valence-corrected chi connectivity index (χ3v) is 3.97. The fraction of sp³-hybridized carbons (Fsp3) is 0.200. The fourth-order valence-electron chi connectivity index (χ4n) is 2.64. The summed E-state index contributed by atoms with van der Waals surface area (Å²) in [5, 5.41) is 4.50. The summed E-state index contributed by atoms with van der Waals surface area (Å²) in [7, 11) is 1.41. The first kappa shape index (κ1) is 16.1. The van der Waals surface area contributed by atoms with Crippen LogP contribution in [0, 0.1) is 0 Å². The number of esters is 1. The molecule has 0 bridgehead atoms. The molecule has 3 aromatic rings.